The minimum absolute atomic E-state index is 0.329. The van der Waals surface area contributed by atoms with Crippen molar-refractivity contribution in [2.45, 2.75) is 34.5 Å². The van der Waals surface area contributed by atoms with Gasteiger partial charge in [-0.2, -0.15) is 0 Å². The Labute approximate surface area is 387 Å². The topological polar surface area (TPSA) is 34.0 Å². The second kappa shape index (κ2) is 15.8. The number of pyridine rings is 2. The largest absolute Gasteiger partial charge is 0.455 e. The average Bonchev–Trinajstić information content (AvgIpc) is 3.89. The molecule has 0 fully saturated rings. The molecule has 0 bridgehead atoms. The van der Waals surface area contributed by atoms with E-state index in [2.05, 4.69) is 86.6 Å². The van der Waals surface area contributed by atoms with Gasteiger partial charge in [-0.25, -0.2) is 9.13 Å². The molecule has 0 atom stereocenters. The molecule has 0 spiro atoms. The van der Waals surface area contributed by atoms with Gasteiger partial charge in [-0.05, 0) is 114 Å². The number of rotatable bonds is 4. The quantitative estimate of drug-likeness (QED) is 0.165. The van der Waals surface area contributed by atoms with E-state index >= 15 is 0 Å². The van der Waals surface area contributed by atoms with Crippen molar-refractivity contribution in [1.82, 2.24) is 0 Å². The lowest BCUT2D eigenvalue weighted by molar-refractivity contribution is -0.660. The molecule has 4 nitrogen and oxygen atoms in total. The summed E-state index contributed by atoms with van der Waals surface area (Å²) in [6.07, 6.45) is 3.48. The van der Waals surface area contributed by atoms with Crippen LogP contribution in [0, 0.1) is 34.5 Å². The zero-order valence-corrected chi connectivity index (χ0v) is 37.0. The third kappa shape index (κ3) is 6.94. The van der Waals surface area contributed by atoms with Gasteiger partial charge in [0.05, 0.1) is 11.1 Å². The molecule has 0 N–H and O–H groups in total. The minimum Gasteiger partial charge on any atom is -0.455 e. The highest BCUT2D eigenvalue weighted by Crippen LogP contribution is 2.41. The first-order valence-corrected chi connectivity index (χ1v) is 21.9. The molecule has 0 saturated carbocycles. The second-order valence-corrected chi connectivity index (χ2v) is 17.3. The smallest absolute Gasteiger partial charge is 0.216 e. The number of benzene rings is 8. The Balaban J connectivity index is 0.000000154. The fourth-order valence-electron chi connectivity index (χ4n) is 9.51. The number of aromatic nitrogens is 2. The normalized spacial score (nSPS) is 13.4. The molecule has 0 aliphatic heterocycles. The maximum Gasteiger partial charge on any atom is 0.216 e. The lowest BCUT2D eigenvalue weighted by atomic mass is 9.95. The molecule has 0 aliphatic carbocycles. The number of aryl methyl sites for hydroxylation is 7. The summed E-state index contributed by atoms with van der Waals surface area (Å²) in [6, 6.07) is 55.3. The van der Waals surface area contributed by atoms with Crippen LogP contribution in [-0.4, -0.2) is 0 Å². The van der Waals surface area contributed by atoms with Gasteiger partial charge in [0.25, 0.3) is 0 Å². The van der Waals surface area contributed by atoms with Crippen molar-refractivity contribution in [3.05, 3.63) is 204 Å². The summed E-state index contributed by atoms with van der Waals surface area (Å²) in [7, 11) is 3.80. The van der Waals surface area contributed by atoms with Crippen LogP contribution < -0.4 is 9.13 Å². The van der Waals surface area contributed by atoms with Crippen molar-refractivity contribution in [3.8, 4) is 44.8 Å². The lowest BCUT2D eigenvalue weighted by Gasteiger charge is -2.10. The molecule has 8 aromatic carbocycles. The van der Waals surface area contributed by atoms with Crippen LogP contribution in [0.5, 0.6) is 0 Å². The monoisotopic (exact) mass is 848 g/mol. The van der Waals surface area contributed by atoms with E-state index in [-0.39, 0.29) is 0 Å². The van der Waals surface area contributed by atoms with Crippen molar-refractivity contribution in [2.24, 2.45) is 14.1 Å². The molecule has 12 rings (SSSR count). The van der Waals surface area contributed by atoms with Crippen molar-refractivity contribution in [2.75, 3.05) is 0 Å². The molecule has 0 unspecified atom stereocenters. The van der Waals surface area contributed by atoms with Gasteiger partial charge in [-0.3, -0.25) is 0 Å². The van der Waals surface area contributed by atoms with E-state index in [1.807, 2.05) is 121 Å². The average molecular weight is 849 g/mol. The van der Waals surface area contributed by atoms with Crippen LogP contribution in [-0.2, 0) is 14.1 Å². The Morgan fingerprint density at radius 1 is 0.400 bits per heavy atom. The van der Waals surface area contributed by atoms with Gasteiger partial charge >= 0.3 is 0 Å². The van der Waals surface area contributed by atoms with Crippen LogP contribution in [0.15, 0.2) is 185 Å². The van der Waals surface area contributed by atoms with Crippen LogP contribution in [0.3, 0.4) is 0 Å². The van der Waals surface area contributed by atoms with E-state index in [0.29, 0.717) is 22.3 Å². The van der Waals surface area contributed by atoms with E-state index in [0.717, 1.165) is 105 Å². The predicted octanol–water partition coefficient (Wildman–Crippen LogP) is 15.3. The molecule has 4 heteroatoms. The molecule has 0 radical (unpaired) electrons. The zero-order chi connectivity index (χ0) is 49.5. The van der Waals surface area contributed by atoms with E-state index in [9.17, 15) is 0 Å². The maximum atomic E-state index is 8.20. The Morgan fingerprint density at radius 2 is 0.815 bits per heavy atom. The number of nitrogens with zero attached hydrogens (tertiary/aromatic N) is 2. The molecular weight excluding hydrogens is 793 g/mol. The maximum absolute atomic E-state index is 8.20. The van der Waals surface area contributed by atoms with Crippen LogP contribution >= 0.6 is 0 Å². The van der Waals surface area contributed by atoms with Crippen LogP contribution in [0.1, 0.15) is 36.0 Å². The number of hydrogen-bond acceptors (Lipinski definition) is 2. The van der Waals surface area contributed by atoms with E-state index in [1.165, 1.54) is 10.8 Å². The van der Waals surface area contributed by atoms with E-state index in [4.69, 9.17) is 17.1 Å². The van der Waals surface area contributed by atoms with Gasteiger partial charge in [0.1, 0.15) is 36.4 Å². The third-order valence-corrected chi connectivity index (χ3v) is 12.9. The van der Waals surface area contributed by atoms with Gasteiger partial charge in [-0.1, -0.05) is 133 Å². The summed E-state index contributed by atoms with van der Waals surface area (Å²) >= 11 is 0. The molecule has 0 amide bonds. The van der Waals surface area contributed by atoms with Crippen LogP contribution in [0.25, 0.3) is 110 Å². The Hall–Kier alpha value is -7.82. The molecule has 0 aliphatic rings. The molecular formula is C61H50N2O2+2. The Morgan fingerprint density at radius 3 is 1.26 bits per heavy atom. The number of fused-ring (bicyclic) bond motifs is 8. The standard InChI is InChI=1S/C31H26NO.C30H24NO/c1-19-9-12-22(13-10-19)26-17-28(32(4)18-21(26)3)30-20(2)11-14-25-27-15-23-7-5-6-8-24(23)16-29(27)33-31(25)30;1-19-13-14-24-26-15-22-11-7-8-12-23(22)16-28(26)32-30(24)29(19)27-17-25(20(2)18-31(27)3)21-9-5-4-6-10-21/h5-18H,1-4H3;4-18H,1-3H3/q2*+1/i3D3;2D3. The van der Waals surface area contributed by atoms with Crippen LogP contribution in [0.4, 0.5) is 0 Å². The number of furan rings is 2. The summed E-state index contributed by atoms with van der Waals surface area (Å²) in [5, 5.41) is 8.86. The van der Waals surface area contributed by atoms with Gasteiger partial charge in [0, 0.05) is 53.0 Å². The first kappa shape index (κ1) is 33.7. The van der Waals surface area contributed by atoms with Gasteiger partial charge in [0.15, 0.2) is 12.4 Å². The van der Waals surface area contributed by atoms with E-state index in [1.54, 1.807) is 12.4 Å². The van der Waals surface area contributed by atoms with Crippen molar-refractivity contribution >= 4 is 65.4 Å². The lowest BCUT2D eigenvalue weighted by Crippen LogP contribution is -2.31. The highest BCUT2D eigenvalue weighted by atomic mass is 16.3. The Bertz CT molecular complexity index is 4070. The molecule has 12 aromatic rings. The first-order valence-electron chi connectivity index (χ1n) is 24.9. The summed E-state index contributed by atoms with van der Waals surface area (Å²) < 4.78 is 65.9. The molecule has 0 saturated heterocycles. The summed E-state index contributed by atoms with van der Waals surface area (Å²) in [6.45, 7) is 1.69. The molecule has 65 heavy (non-hydrogen) atoms. The van der Waals surface area contributed by atoms with Crippen molar-refractivity contribution in [1.29, 1.82) is 0 Å². The highest BCUT2D eigenvalue weighted by Gasteiger charge is 2.25. The minimum atomic E-state index is -2.24. The Kier molecular flexibility index (Phi) is 8.17. The third-order valence-electron chi connectivity index (χ3n) is 12.9. The van der Waals surface area contributed by atoms with Gasteiger partial charge < -0.3 is 8.83 Å². The predicted molar refractivity (Wildman–Crippen MR) is 270 cm³/mol. The first-order chi connectivity index (χ1) is 34.0. The fourth-order valence-corrected chi connectivity index (χ4v) is 9.51. The van der Waals surface area contributed by atoms with E-state index < -0.39 is 13.7 Å². The van der Waals surface area contributed by atoms with Crippen molar-refractivity contribution in [3.63, 3.8) is 0 Å². The van der Waals surface area contributed by atoms with Crippen LogP contribution in [0.2, 0.25) is 0 Å². The molecule has 4 aromatic heterocycles. The number of hydrogen-bond donors (Lipinski definition) is 0. The molecule has 314 valence electrons. The SMILES string of the molecule is [2H]C([2H])([2H])c1c[n+](C)c(-c2c(C)ccc3c2oc2cc4ccccc4cc23)cc1-c1ccc(C)cc1.[2H]C([2H])([2H])c1c[n+](C)c(-c2c(C)ccc3c2oc2cc4ccccc4cc23)cc1-c1ccccc1. The van der Waals surface area contributed by atoms with Gasteiger partial charge in [0.2, 0.25) is 11.4 Å². The zero-order valence-electron chi connectivity index (χ0n) is 43.0. The van der Waals surface area contributed by atoms with Crippen molar-refractivity contribution < 1.29 is 26.2 Å². The summed E-state index contributed by atoms with van der Waals surface area (Å²) in [5.41, 5.74) is 14.2. The summed E-state index contributed by atoms with van der Waals surface area (Å²) in [5.74, 6) is 0. The molecule has 4 heterocycles. The highest BCUT2D eigenvalue weighted by molar-refractivity contribution is 6.14. The fraction of sp³-hybridized carbons (Fsp3) is 0.115. The second-order valence-electron chi connectivity index (χ2n) is 17.3. The van der Waals surface area contributed by atoms with Gasteiger partial charge in [-0.15, -0.1) is 0 Å². The summed E-state index contributed by atoms with van der Waals surface area (Å²) in [4.78, 5) is 0.